The smallest absolute Gasteiger partial charge is 0.323 e. The lowest BCUT2D eigenvalue weighted by Crippen LogP contribution is -2.33. The van der Waals surface area contributed by atoms with Crippen LogP contribution in [-0.4, -0.2) is 44.3 Å². The first-order chi connectivity index (χ1) is 12.5. The van der Waals surface area contributed by atoms with Crippen LogP contribution < -0.4 is 5.32 Å². The van der Waals surface area contributed by atoms with Gasteiger partial charge in [-0.25, -0.2) is 4.98 Å². The van der Waals surface area contributed by atoms with Gasteiger partial charge in [-0.1, -0.05) is 63.0 Å². The Hall–Kier alpha value is -1.45. The molecule has 2 N–H and O–H groups in total. The number of thioether (sulfide) groups is 1. The summed E-state index contributed by atoms with van der Waals surface area (Å²) in [6, 6.07) is 0. The molecule has 0 saturated carbocycles. The summed E-state index contributed by atoms with van der Waals surface area (Å²) in [5.74, 6) is -1.46. The third-order valence-electron chi connectivity index (χ3n) is 3.77. The van der Waals surface area contributed by atoms with Gasteiger partial charge in [-0.05, 0) is 12.5 Å². The molecule has 1 aliphatic rings. The number of rotatable bonds is 11. The summed E-state index contributed by atoms with van der Waals surface area (Å²) in [7, 11) is 0. The first-order valence-corrected chi connectivity index (χ1v) is 10.8. The Bertz CT molecular complexity index is 688. The van der Waals surface area contributed by atoms with E-state index in [-0.39, 0.29) is 10.2 Å². The first kappa shape index (κ1) is 20.9. The standard InChI is InChI=1S/C17H23N3O3S3/c1-2-3-4-5-6-7-8-18-16-19-12(11-25-16)9-13-15(23)20(10-14(21)22)17(24)26-13/h9,11H,2-8,10H2,1H3,(H,18,19)(H,21,22)/b13-9-. The fourth-order valence-electron chi connectivity index (χ4n) is 2.44. The lowest BCUT2D eigenvalue weighted by molar-refractivity contribution is -0.140. The van der Waals surface area contributed by atoms with Crippen LogP contribution in [0.5, 0.6) is 0 Å². The number of amides is 1. The number of carbonyl (C=O) groups excluding carboxylic acids is 1. The molecule has 0 aliphatic carbocycles. The zero-order valence-electron chi connectivity index (χ0n) is 14.7. The van der Waals surface area contributed by atoms with Crippen molar-refractivity contribution in [2.45, 2.75) is 45.4 Å². The van der Waals surface area contributed by atoms with E-state index in [1.807, 2.05) is 5.38 Å². The molecule has 1 aromatic rings. The summed E-state index contributed by atoms with van der Waals surface area (Å²) in [5, 5.41) is 14.9. The fourth-order valence-corrected chi connectivity index (χ4v) is 4.38. The van der Waals surface area contributed by atoms with Crippen LogP contribution in [0.1, 0.15) is 51.1 Å². The van der Waals surface area contributed by atoms with Gasteiger partial charge in [0.25, 0.3) is 5.91 Å². The molecule has 26 heavy (non-hydrogen) atoms. The molecule has 142 valence electrons. The van der Waals surface area contributed by atoms with Gasteiger partial charge in [0.05, 0.1) is 10.6 Å². The molecule has 1 saturated heterocycles. The zero-order chi connectivity index (χ0) is 18.9. The monoisotopic (exact) mass is 413 g/mol. The average Bonchev–Trinajstić information content (AvgIpc) is 3.14. The molecule has 1 aromatic heterocycles. The molecule has 0 unspecified atom stereocenters. The third-order valence-corrected chi connectivity index (χ3v) is 5.97. The van der Waals surface area contributed by atoms with Crippen molar-refractivity contribution in [3.63, 3.8) is 0 Å². The molecule has 1 aliphatic heterocycles. The molecule has 1 fully saturated rings. The maximum absolute atomic E-state index is 12.2. The highest BCUT2D eigenvalue weighted by Crippen LogP contribution is 2.32. The van der Waals surface area contributed by atoms with E-state index in [0.717, 1.165) is 34.8 Å². The normalized spacial score (nSPS) is 15.9. The molecular weight excluding hydrogens is 390 g/mol. The van der Waals surface area contributed by atoms with Crippen molar-refractivity contribution >= 4 is 62.7 Å². The Morgan fingerprint density at radius 1 is 1.35 bits per heavy atom. The average molecular weight is 414 g/mol. The minimum absolute atomic E-state index is 0.264. The lowest BCUT2D eigenvalue weighted by Gasteiger charge is -2.09. The molecule has 0 radical (unpaired) electrons. The Morgan fingerprint density at radius 3 is 2.81 bits per heavy atom. The van der Waals surface area contributed by atoms with Gasteiger partial charge in [-0.3, -0.25) is 14.5 Å². The van der Waals surface area contributed by atoms with Gasteiger partial charge in [0.2, 0.25) is 0 Å². The minimum atomic E-state index is -1.09. The highest BCUT2D eigenvalue weighted by atomic mass is 32.2. The Kier molecular flexibility index (Phi) is 8.53. The van der Waals surface area contributed by atoms with Gasteiger partial charge in [0.15, 0.2) is 5.13 Å². The number of aromatic nitrogens is 1. The maximum Gasteiger partial charge on any atom is 0.323 e. The van der Waals surface area contributed by atoms with Crippen LogP contribution in [0.4, 0.5) is 5.13 Å². The Morgan fingerprint density at radius 2 is 2.08 bits per heavy atom. The van der Waals surface area contributed by atoms with Crippen LogP contribution in [-0.2, 0) is 9.59 Å². The van der Waals surface area contributed by atoms with Crippen molar-refractivity contribution in [2.75, 3.05) is 18.4 Å². The van der Waals surface area contributed by atoms with Gasteiger partial charge < -0.3 is 10.4 Å². The third kappa shape index (κ3) is 6.37. The van der Waals surface area contributed by atoms with E-state index in [2.05, 4.69) is 17.2 Å². The van der Waals surface area contributed by atoms with Crippen molar-refractivity contribution in [3.8, 4) is 0 Å². The van der Waals surface area contributed by atoms with Crippen LogP contribution >= 0.6 is 35.3 Å². The van der Waals surface area contributed by atoms with Crippen LogP contribution in [0.15, 0.2) is 10.3 Å². The number of hydrogen-bond donors (Lipinski definition) is 2. The van der Waals surface area contributed by atoms with E-state index < -0.39 is 12.5 Å². The second-order valence-corrected chi connectivity index (χ2v) is 8.47. The zero-order valence-corrected chi connectivity index (χ0v) is 17.1. The molecule has 6 nitrogen and oxygen atoms in total. The number of thiocarbonyl (C=S) groups is 1. The number of nitrogens with one attached hydrogen (secondary N) is 1. The van der Waals surface area contributed by atoms with Crippen molar-refractivity contribution in [2.24, 2.45) is 0 Å². The van der Waals surface area contributed by atoms with Crippen LogP contribution in [0.3, 0.4) is 0 Å². The minimum Gasteiger partial charge on any atom is -0.480 e. The van der Waals surface area contributed by atoms with E-state index in [0.29, 0.717) is 10.6 Å². The van der Waals surface area contributed by atoms with E-state index in [9.17, 15) is 9.59 Å². The molecule has 0 bridgehead atoms. The summed E-state index contributed by atoms with van der Waals surface area (Å²) >= 11 is 7.68. The summed E-state index contributed by atoms with van der Waals surface area (Å²) in [4.78, 5) is 29.0. The van der Waals surface area contributed by atoms with Crippen molar-refractivity contribution in [1.82, 2.24) is 9.88 Å². The number of nitrogens with zero attached hydrogens (tertiary/aromatic N) is 2. The van der Waals surface area contributed by atoms with Gasteiger partial charge in [-0.2, -0.15) is 0 Å². The van der Waals surface area contributed by atoms with Gasteiger partial charge in [-0.15, -0.1) is 11.3 Å². The first-order valence-electron chi connectivity index (χ1n) is 8.67. The largest absolute Gasteiger partial charge is 0.480 e. The number of thiazole rings is 1. The van der Waals surface area contributed by atoms with Gasteiger partial charge >= 0.3 is 5.97 Å². The molecular formula is C17H23N3O3S3. The summed E-state index contributed by atoms with van der Waals surface area (Å²) in [6.45, 7) is 2.69. The van der Waals surface area contributed by atoms with Crippen molar-refractivity contribution in [3.05, 3.63) is 16.0 Å². The second-order valence-electron chi connectivity index (χ2n) is 5.93. The lowest BCUT2D eigenvalue weighted by atomic mass is 10.1. The Labute approximate surface area is 167 Å². The molecule has 0 spiro atoms. The Balaban J connectivity index is 1.82. The number of anilines is 1. The quantitative estimate of drug-likeness (QED) is 0.319. The molecule has 0 aromatic carbocycles. The number of carboxylic acids is 1. The molecule has 0 atom stereocenters. The highest BCUT2D eigenvalue weighted by Gasteiger charge is 2.33. The number of hydrogen-bond acceptors (Lipinski definition) is 7. The van der Waals surface area contributed by atoms with E-state index in [1.165, 1.54) is 43.4 Å². The topological polar surface area (TPSA) is 82.5 Å². The van der Waals surface area contributed by atoms with Crippen LogP contribution in [0.25, 0.3) is 6.08 Å². The number of aliphatic carboxylic acids is 1. The summed E-state index contributed by atoms with van der Waals surface area (Å²) in [5.41, 5.74) is 0.677. The molecule has 2 rings (SSSR count). The van der Waals surface area contributed by atoms with E-state index >= 15 is 0 Å². The number of carbonyl (C=O) groups is 2. The number of unbranched alkanes of at least 4 members (excludes halogenated alkanes) is 5. The predicted molar refractivity (Wildman–Crippen MR) is 111 cm³/mol. The van der Waals surface area contributed by atoms with Crippen molar-refractivity contribution < 1.29 is 14.7 Å². The summed E-state index contributed by atoms with van der Waals surface area (Å²) in [6.07, 6.45) is 9.14. The van der Waals surface area contributed by atoms with Crippen LogP contribution in [0, 0.1) is 0 Å². The van der Waals surface area contributed by atoms with Crippen LogP contribution in [0.2, 0.25) is 0 Å². The fraction of sp³-hybridized carbons (Fsp3) is 0.529. The second kappa shape index (κ2) is 10.6. The molecule has 9 heteroatoms. The summed E-state index contributed by atoms with van der Waals surface area (Å²) < 4.78 is 0.264. The van der Waals surface area contributed by atoms with E-state index in [4.69, 9.17) is 17.3 Å². The van der Waals surface area contributed by atoms with Gasteiger partial charge in [0.1, 0.15) is 10.9 Å². The highest BCUT2D eigenvalue weighted by molar-refractivity contribution is 8.26. The number of carboxylic acid groups (broad SMARTS) is 1. The SMILES string of the molecule is CCCCCCCCNc1nc(/C=C2\SC(=S)N(CC(=O)O)C2=O)cs1. The van der Waals surface area contributed by atoms with Gasteiger partial charge in [0, 0.05) is 11.9 Å². The predicted octanol–water partition coefficient (Wildman–Crippen LogP) is 4.20. The molecule has 2 heterocycles. The van der Waals surface area contributed by atoms with E-state index in [1.54, 1.807) is 6.08 Å². The van der Waals surface area contributed by atoms with Crippen molar-refractivity contribution in [1.29, 1.82) is 0 Å². The maximum atomic E-state index is 12.2. The molecule has 1 amide bonds.